The summed E-state index contributed by atoms with van der Waals surface area (Å²) in [6.45, 7) is 3.53. The molecule has 4 heteroatoms. The topological polar surface area (TPSA) is 47.3 Å². The van der Waals surface area contributed by atoms with Crippen LogP contribution in [-0.4, -0.2) is 26.3 Å². The molecule has 94 valence electrons. The number of nitrogens with one attached hydrogen (secondary N) is 1. The highest BCUT2D eigenvalue weighted by molar-refractivity contribution is 6.30. The molecule has 2 unspecified atom stereocenters. The van der Waals surface area contributed by atoms with E-state index in [1.165, 1.54) is 0 Å². The van der Waals surface area contributed by atoms with Crippen molar-refractivity contribution in [2.75, 3.05) is 26.3 Å². The quantitative estimate of drug-likeness (QED) is 0.845. The number of nitrogens with two attached hydrogens (primary N) is 1. The molecule has 1 aliphatic rings. The zero-order valence-corrected chi connectivity index (χ0v) is 10.6. The molecule has 0 radical (unpaired) electrons. The Bertz CT molecular complexity index is 353. The number of rotatable bonds is 5. The minimum absolute atomic E-state index is 0.00368. The molecule has 0 amide bonds. The standard InChI is InChI=1S/C13H19ClN2O/c14-12-3-1-2-11(6-12)13(15)8-16-7-10-4-5-17-9-10/h1-3,6,10,13,16H,4-5,7-9,15H2. The normalized spacial score (nSPS) is 21.6. The lowest BCUT2D eigenvalue weighted by atomic mass is 10.1. The molecule has 0 saturated carbocycles. The van der Waals surface area contributed by atoms with Gasteiger partial charge in [0.2, 0.25) is 0 Å². The molecule has 1 aromatic rings. The molecule has 1 aromatic carbocycles. The van der Waals surface area contributed by atoms with Crippen LogP contribution in [0.25, 0.3) is 0 Å². The third-order valence-electron chi connectivity index (χ3n) is 3.10. The lowest BCUT2D eigenvalue weighted by molar-refractivity contribution is 0.185. The zero-order valence-electron chi connectivity index (χ0n) is 9.86. The van der Waals surface area contributed by atoms with Gasteiger partial charge in [-0.05, 0) is 30.0 Å². The van der Waals surface area contributed by atoms with Crippen LogP contribution >= 0.6 is 11.6 Å². The van der Waals surface area contributed by atoms with Gasteiger partial charge in [0.25, 0.3) is 0 Å². The summed E-state index contributed by atoms with van der Waals surface area (Å²) in [6.07, 6.45) is 1.15. The van der Waals surface area contributed by atoms with Crippen molar-refractivity contribution in [3.05, 3.63) is 34.9 Å². The summed E-state index contributed by atoms with van der Waals surface area (Å²) in [7, 11) is 0. The first-order chi connectivity index (χ1) is 8.25. The fraction of sp³-hybridized carbons (Fsp3) is 0.538. The maximum Gasteiger partial charge on any atom is 0.0507 e. The Balaban J connectivity index is 1.74. The summed E-state index contributed by atoms with van der Waals surface area (Å²) in [5.74, 6) is 0.640. The number of halogens is 1. The van der Waals surface area contributed by atoms with Gasteiger partial charge in [0, 0.05) is 30.8 Å². The van der Waals surface area contributed by atoms with Crippen molar-refractivity contribution in [1.29, 1.82) is 0 Å². The van der Waals surface area contributed by atoms with Crippen molar-refractivity contribution in [3.8, 4) is 0 Å². The van der Waals surface area contributed by atoms with Crippen LogP contribution < -0.4 is 11.1 Å². The average Bonchev–Trinajstić information content (AvgIpc) is 2.82. The van der Waals surface area contributed by atoms with E-state index in [0.29, 0.717) is 5.92 Å². The minimum Gasteiger partial charge on any atom is -0.381 e. The van der Waals surface area contributed by atoms with Crippen LogP contribution in [0.5, 0.6) is 0 Å². The van der Waals surface area contributed by atoms with Crippen molar-refractivity contribution >= 4 is 11.6 Å². The third kappa shape index (κ3) is 3.96. The minimum atomic E-state index is -0.00368. The molecule has 3 nitrogen and oxygen atoms in total. The third-order valence-corrected chi connectivity index (χ3v) is 3.33. The lowest BCUT2D eigenvalue weighted by Gasteiger charge is -2.15. The van der Waals surface area contributed by atoms with Crippen LogP contribution in [0.2, 0.25) is 5.02 Å². The number of hydrogen-bond donors (Lipinski definition) is 2. The summed E-state index contributed by atoms with van der Waals surface area (Å²) in [5.41, 5.74) is 7.17. The number of benzene rings is 1. The van der Waals surface area contributed by atoms with E-state index in [2.05, 4.69) is 5.32 Å². The van der Waals surface area contributed by atoms with E-state index in [4.69, 9.17) is 22.1 Å². The van der Waals surface area contributed by atoms with Gasteiger partial charge < -0.3 is 15.8 Å². The van der Waals surface area contributed by atoms with Crippen LogP contribution in [0.1, 0.15) is 18.0 Å². The summed E-state index contributed by atoms with van der Waals surface area (Å²) in [4.78, 5) is 0. The predicted octanol–water partition coefficient (Wildman–Crippen LogP) is 1.97. The molecule has 0 spiro atoms. The van der Waals surface area contributed by atoms with Gasteiger partial charge in [-0.25, -0.2) is 0 Å². The number of hydrogen-bond acceptors (Lipinski definition) is 3. The van der Waals surface area contributed by atoms with E-state index in [0.717, 1.165) is 43.3 Å². The van der Waals surface area contributed by atoms with Gasteiger partial charge in [0.05, 0.1) is 6.61 Å². The van der Waals surface area contributed by atoms with Gasteiger partial charge in [-0.3, -0.25) is 0 Å². The monoisotopic (exact) mass is 254 g/mol. The molecule has 1 heterocycles. The molecular formula is C13H19ClN2O. The molecule has 2 atom stereocenters. The van der Waals surface area contributed by atoms with Crippen molar-refractivity contribution in [1.82, 2.24) is 5.32 Å². The Hall–Kier alpha value is -0.610. The molecule has 1 aliphatic heterocycles. The predicted molar refractivity (Wildman–Crippen MR) is 70.2 cm³/mol. The van der Waals surface area contributed by atoms with E-state index in [1.54, 1.807) is 0 Å². The molecule has 0 bridgehead atoms. The smallest absolute Gasteiger partial charge is 0.0507 e. The van der Waals surface area contributed by atoms with Crippen molar-refractivity contribution in [2.45, 2.75) is 12.5 Å². The Kier molecular flexibility index (Phi) is 4.80. The van der Waals surface area contributed by atoms with Crippen molar-refractivity contribution < 1.29 is 4.74 Å². The van der Waals surface area contributed by atoms with Gasteiger partial charge in [-0.2, -0.15) is 0 Å². The molecule has 1 saturated heterocycles. The molecule has 17 heavy (non-hydrogen) atoms. The highest BCUT2D eigenvalue weighted by Gasteiger charge is 2.15. The Morgan fingerprint density at radius 3 is 3.12 bits per heavy atom. The Morgan fingerprint density at radius 1 is 1.53 bits per heavy atom. The number of ether oxygens (including phenoxy) is 1. The largest absolute Gasteiger partial charge is 0.381 e. The second-order valence-electron chi connectivity index (χ2n) is 4.55. The lowest BCUT2D eigenvalue weighted by Crippen LogP contribution is -2.31. The molecule has 1 fully saturated rings. The maximum absolute atomic E-state index is 6.10. The molecule has 2 rings (SSSR count). The van der Waals surface area contributed by atoms with E-state index in [-0.39, 0.29) is 6.04 Å². The Morgan fingerprint density at radius 2 is 2.41 bits per heavy atom. The van der Waals surface area contributed by atoms with Gasteiger partial charge in [0.15, 0.2) is 0 Å². The first kappa shape index (κ1) is 12.8. The molecule has 0 aromatic heterocycles. The summed E-state index contributed by atoms with van der Waals surface area (Å²) in [6, 6.07) is 7.73. The van der Waals surface area contributed by atoms with E-state index < -0.39 is 0 Å². The summed E-state index contributed by atoms with van der Waals surface area (Å²) < 4.78 is 5.33. The van der Waals surface area contributed by atoms with Crippen LogP contribution in [0, 0.1) is 5.92 Å². The fourth-order valence-electron chi connectivity index (χ4n) is 2.04. The van der Waals surface area contributed by atoms with Crippen LogP contribution in [0.15, 0.2) is 24.3 Å². The second kappa shape index (κ2) is 6.36. The van der Waals surface area contributed by atoms with E-state index in [9.17, 15) is 0 Å². The summed E-state index contributed by atoms with van der Waals surface area (Å²) in [5, 5.41) is 4.14. The summed E-state index contributed by atoms with van der Waals surface area (Å²) >= 11 is 5.93. The first-order valence-electron chi connectivity index (χ1n) is 6.05. The highest BCUT2D eigenvalue weighted by atomic mass is 35.5. The fourth-order valence-corrected chi connectivity index (χ4v) is 2.24. The van der Waals surface area contributed by atoms with Gasteiger partial charge in [-0.1, -0.05) is 23.7 Å². The molecule has 0 aliphatic carbocycles. The first-order valence-corrected chi connectivity index (χ1v) is 6.43. The van der Waals surface area contributed by atoms with Crippen LogP contribution in [0.3, 0.4) is 0 Å². The van der Waals surface area contributed by atoms with E-state index >= 15 is 0 Å². The second-order valence-corrected chi connectivity index (χ2v) is 4.99. The SMILES string of the molecule is NC(CNCC1CCOC1)c1cccc(Cl)c1. The van der Waals surface area contributed by atoms with Crippen molar-refractivity contribution in [3.63, 3.8) is 0 Å². The maximum atomic E-state index is 6.10. The van der Waals surface area contributed by atoms with Gasteiger partial charge in [0.1, 0.15) is 0 Å². The zero-order chi connectivity index (χ0) is 12.1. The van der Waals surface area contributed by atoms with Crippen molar-refractivity contribution in [2.24, 2.45) is 11.7 Å². The van der Waals surface area contributed by atoms with Gasteiger partial charge in [-0.15, -0.1) is 0 Å². The molecule has 3 N–H and O–H groups in total. The molecular weight excluding hydrogens is 236 g/mol. The van der Waals surface area contributed by atoms with Gasteiger partial charge >= 0.3 is 0 Å². The van der Waals surface area contributed by atoms with Crippen LogP contribution in [-0.2, 0) is 4.74 Å². The van der Waals surface area contributed by atoms with Crippen LogP contribution in [0.4, 0.5) is 0 Å². The highest BCUT2D eigenvalue weighted by Crippen LogP contribution is 2.16. The average molecular weight is 255 g/mol. The Labute approximate surface area is 107 Å². The van der Waals surface area contributed by atoms with E-state index in [1.807, 2.05) is 24.3 Å².